The minimum absolute atomic E-state index is 0.0214. The first-order valence-electron chi connectivity index (χ1n) is 4.70. The molecule has 1 amide bonds. The number of nitrogens with zero attached hydrogens (tertiary/aromatic N) is 2. The van der Waals surface area contributed by atoms with E-state index in [0.29, 0.717) is 5.56 Å². The molecule has 2 rings (SSSR count). The van der Waals surface area contributed by atoms with Crippen molar-refractivity contribution in [1.29, 1.82) is 0 Å². The van der Waals surface area contributed by atoms with Crippen LogP contribution in [-0.2, 0) is 0 Å². The van der Waals surface area contributed by atoms with E-state index in [2.05, 4.69) is 5.10 Å². The van der Waals surface area contributed by atoms with Gasteiger partial charge in [-0.3, -0.25) is 4.79 Å². The predicted octanol–water partition coefficient (Wildman–Crippen LogP) is 1.91. The summed E-state index contributed by atoms with van der Waals surface area (Å²) in [7, 11) is 0. The van der Waals surface area contributed by atoms with Crippen LogP contribution in [0.15, 0.2) is 35.4 Å². The largest absolute Gasteiger partial charge is 0.274 e. The van der Waals surface area contributed by atoms with Gasteiger partial charge in [-0.05, 0) is 19.1 Å². The van der Waals surface area contributed by atoms with Crippen molar-refractivity contribution in [3.63, 3.8) is 0 Å². The first-order chi connectivity index (χ1) is 6.79. The molecule has 14 heavy (non-hydrogen) atoms. The van der Waals surface area contributed by atoms with Gasteiger partial charge in [0.2, 0.25) is 0 Å². The summed E-state index contributed by atoms with van der Waals surface area (Å²) < 4.78 is 0. The number of hydrazone groups is 1. The lowest BCUT2D eigenvalue weighted by Crippen LogP contribution is -2.30. The molecular weight excluding hydrogens is 176 g/mol. The number of hydrogen-bond donors (Lipinski definition) is 0. The molecule has 1 aliphatic rings. The molecule has 1 aromatic carbocycles. The summed E-state index contributed by atoms with van der Waals surface area (Å²) in [6.45, 7) is 1.99. The van der Waals surface area contributed by atoms with Crippen LogP contribution >= 0.6 is 0 Å². The van der Waals surface area contributed by atoms with Crippen LogP contribution in [0.1, 0.15) is 23.7 Å². The lowest BCUT2D eigenvalue weighted by Gasteiger charge is -2.17. The van der Waals surface area contributed by atoms with Gasteiger partial charge in [0.1, 0.15) is 0 Å². The Morgan fingerprint density at radius 1 is 1.43 bits per heavy atom. The lowest BCUT2D eigenvalue weighted by atomic mass is 10.2. The molecule has 0 saturated heterocycles. The van der Waals surface area contributed by atoms with E-state index in [-0.39, 0.29) is 11.9 Å². The molecule has 0 aliphatic carbocycles. The van der Waals surface area contributed by atoms with Gasteiger partial charge in [-0.1, -0.05) is 18.2 Å². The fraction of sp³-hybridized carbons (Fsp3) is 0.273. The summed E-state index contributed by atoms with van der Waals surface area (Å²) >= 11 is 0. The van der Waals surface area contributed by atoms with Crippen LogP contribution in [0.2, 0.25) is 0 Å². The van der Waals surface area contributed by atoms with E-state index in [1.807, 2.05) is 37.3 Å². The Morgan fingerprint density at radius 3 is 2.71 bits per heavy atom. The zero-order valence-electron chi connectivity index (χ0n) is 8.05. The summed E-state index contributed by atoms with van der Waals surface area (Å²) in [6.07, 6.45) is 2.63. The number of benzene rings is 1. The quantitative estimate of drug-likeness (QED) is 0.662. The van der Waals surface area contributed by atoms with Gasteiger partial charge >= 0.3 is 0 Å². The van der Waals surface area contributed by atoms with Gasteiger partial charge in [0, 0.05) is 18.2 Å². The Balaban J connectivity index is 2.20. The van der Waals surface area contributed by atoms with Crippen molar-refractivity contribution in [2.75, 3.05) is 0 Å². The SMILES string of the molecule is C[C@H]1CC=NN1C(=O)c1ccccc1. The second-order valence-electron chi connectivity index (χ2n) is 3.40. The van der Waals surface area contributed by atoms with Gasteiger partial charge < -0.3 is 0 Å². The number of carbonyl (C=O) groups is 1. The minimum atomic E-state index is -0.0214. The van der Waals surface area contributed by atoms with E-state index in [4.69, 9.17) is 0 Å². The van der Waals surface area contributed by atoms with Crippen molar-refractivity contribution >= 4 is 12.1 Å². The molecule has 1 aliphatic heterocycles. The molecule has 0 unspecified atom stereocenters. The van der Waals surface area contributed by atoms with Crippen molar-refractivity contribution in [2.24, 2.45) is 5.10 Å². The number of amides is 1. The van der Waals surface area contributed by atoms with Gasteiger partial charge in [0.15, 0.2) is 0 Å². The summed E-state index contributed by atoms with van der Waals surface area (Å²) in [5.74, 6) is -0.0214. The van der Waals surface area contributed by atoms with Gasteiger partial charge in [-0.2, -0.15) is 5.10 Å². The van der Waals surface area contributed by atoms with Crippen LogP contribution in [0.3, 0.4) is 0 Å². The van der Waals surface area contributed by atoms with Crippen molar-refractivity contribution in [2.45, 2.75) is 19.4 Å². The number of hydrogen-bond acceptors (Lipinski definition) is 2. The Bertz CT molecular complexity index is 359. The molecule has 0 fully saturated rings. The van der Waals surface area contributed by atoms with Gasteiger partial charge in [-0.25, -0.2) is 5.01 Å². The second-order valence-corrected chi connectivity index (χ2v) is 3.40. The van der Waals surface area contributed by atoms with E-state index < -0.39 is 0 Å². The average molecular weight is 188 g/mol. The molecule has 72 valence electrons. The summed E-state index contributed by atoms with van der Waals surface area (Å²) in [6, 6.07) is 9.41. The third kappa shape index (κ3) is 1.53. The van der Waals surface area contributed by atoms with E-state index >= 15 is 0 Å². The summed E-state index contributed by atoms with van der Waals surface area (Å²) in [5.41, 5.74) is 0.693. The maximum Gasteiger partial charge on any atom is 0.274 e. The lowest BCUT2D eigenvalue weighted by molar-refractivity contribution is 0.0725. The third-order valence-electron chi connectivity index (χ3n) is 2.30. The molecule has 0 spiro atoms. The van der Waals surface area contributed by atoms with Crippen LogP contribution < -0.4 is 0 Å². The Labute approximate surface area is 83.0 Å². The molecule has 0 radical (unpaired) electrons. The minimum Gasteiger partial charge on any atom is -0.267 e. The molecule has 0 N–H and O–H groups in total. The van der Waals surface area contributed by atoms with Gasteiger partial charge in [0.25, 0.3) is 5.91 Å². The molecule has 3 nitrogen and oxygen atoms in total. The van der Waals surface area contributed by atoms with Crippen LogP contribution in [0.25, 0.3) is 0 Å². The molecule has 1 heterocycles. The first kappa shape index (κ1) is 8.94. The maximum absolute atomic E-state index is 11.9. The Kier molecular flexibility index (Phi) is 2.31. The summed E-state index contributed by atoms with van der Waals surface area (Å²) in [4.78, 5) is 11.9. The van der Waals surface area contributed by atoms with E-state index in [1.54, 1.807) is 6.21 Å². The molecule has 3 heteroatoms. The van der Waals surface area contributed by atoms with Crippen LogP contribution in [0.4, 0.5) is 0 Å². The van der Waals surface area contributed by atoms with E-state index in [0.717, 1.165) is 6.42 Å². The van der Waals surface area contributed by atoms with Gasteiger partial charge in [-0.15, -0.1) is 0 Å². The number of rotatable bonds is 1. The van der Waals surface area contributed by atoms with Crippen LogP contribution in [0, 0.1) is 0 Å². The van der Waals surface area contributed by atoms with Crippen molar-refractivity contribution in [3.05, 3.63) is 35.9 Å². The van der Waals surface area contributed by atoms with Crippen molar-refractivity contribution in [1.82, 2.24) is 5.01 Å². The normalized spacial score (nSPS) is 20.1. The molecule has 1 aromatic rings. The van der Waals surface area contributed by atoms with Crippen molar-refractivity contribution < 1.29 is 4.79 Å². The summed E-state index contributed by atoms with van der Waals surface area (Å²) in [5, 5.41) is 5.59. The molecule has 0 saturated carbocycles. The average Bonchev–Trinajstić information content (AvgIpc) is 2.65. The molecule has 0 bridgehead atoms. The Hall–Kier alpha value is -1.64. The third-order valence-corrected chi connectivity index (χ3v) is 2.30. The predicted molar refractivity (Wildman–Crippen MR) is 55.2 cm³/mol. The highest BCUT2D eigenvalue weighted by molar-refractivity contribution is 5.95. The van der Waals surface area contributed by atoms with E-state index in [1.165, 1.54) is 5.01 Å². The Morgan fingerprint density at radius 2 is 2.14 bits per heavy atom. The molecular formula is C11H12N2O. The zero-order chi connectivity index (χ0) is 9.97. The van der Waals surface area contributed by atoms with Crippen molar-refractivity contribution in [3.8, 4) is 0 Å². The molecule has 0 aromatic heterocycles. The maximum atomic E-state index is 11.9. The monoisotopic (exact) mass is 188 g/mol. The van der Waals surface area contributed by atoms with E-state index in [9.17, 15) is 4.79 Å². The van der Waals surface area contributed by atoms with Crippen LogP contribution in [0.5, 0.6) is 0 Å². The fourth-order valence-corrected chi connectivity index (χ4v) is 1.47. The molecule has 1 atom stereocenters. The van der Waals surface area contributed by atoms with Crippen LogP contribution in [-0.4, -0.2) is 23.2 Å². The smallest absolute Gasteiger partial charge is 0.267 e. The van der Waals surface area contributed by atoms with Gasteiger partial charge in [0.05, 0.1) is 6.04 Å². The highest BCUT2D eigenvalue weighted by Crippen LogP contribution is 2.14. The highest BCUT2D eigenvalue weighted by atomic mass is 16.2. The first-order valence-corrected chi connectivity index (χ1v) is 4.70. The fourth-order valence-electron chi connectivity index (χ4n) is 1.47. The standard InChI is InChI=1S/C11H12N2O/c1-9-7-8-12-13(9)11(14)10-5-3-2-4-6-10/h2-6,8-9H,7H2,1H3/t9-/m0/s1. The second kappa shape index (κ2) is 3.62. The highest BCUT2D eigenvalue weighted by Gasteiger charge is 2.23. The number of carbonyl (C=O) groups excluding carboxylic acids is 1. The topological polar surface area (TPSA) is 32.7 Å². The zero-order valence-corrected chi connectivity index (χ0v) is 8.05.